The first kappa shape index (κ1) is 23.1. The van der Waals surface area contributed by atoms with Crippen molar-refractivity contribution >= 4 is 17.5 Å². The Morgan fingerprint density at radius 3 is 2.30 bits per heavy atom. The molecule has 30 heavy (non-hydrogen) atoms. The maximum absolute atomic E-state index is 12.1. The summed E-state index contributed by atoms with van der Waals surface area (Å²) in [6.07, 6.45) is -0.953. The molecule has 0 unspecified atom stereocenters. The van der Waals surface area contributed by atoms with E-state index in [0.717, 1.165) is 5.56 Å². The Balaban J connectivity index is 1.85. The van der Waals surface area contributed by atoms with E-state index in [9.17, 15) is 29.9 Å². The van der Waals surface area contributed by atoms with Crippen molar-refractivity contribution in [2.75, 3.05) is 13.2 Å². The first-order valence-electron chi connectivity index (χ1n) is 9.21. The number of nitro benzene ring substituents is 1. The maximum atomic E-state index is 12.1. The minimum Gasteiger partial charge on any atom is -0.395 e. The van der Waals surface area contributed by atoms with E-state index in [0.29, 0.717) is 5.56 Å². The summed E-state index contributed by atoms with van der Waals surface area (Å²) in [5, 5.41) is 35.4. The Labute approximate surface area is 172 Å². The van der Waals surface area contributed by atoms with Crippen LogP contribution in [0.5, 0.6) is 0 Å². The molecule has 2 amide bonds. The number of aliphatic hydroxyl groups excluding tert-OH is 2. The van der Waals surface area contributed by atoms with Crippen LogP contribution in [0.25, 0.3) is 0 Å². The van der Waals surface area contributed by atoms with Crippen LogP contribution < -0.4 is 16.4 Å². The Morgan fingerprint density at radius 2 is 1.73 bits per heavy atom. The van der Waals surface area contributed by atoms with E-state index in [1.54, 1.807) is 0 Å². The number of aliphatic hydroxyl groups is 2. The van der Waals surface area contributed by atoms with E-state index in [4.69, 9.17) is 5.73 Å². The van der Waals surface area contributed by atoms with E-state index in [1.807, 2.05) is 30.3 Å². The molecule has 0 saturated heterocycles. The third kappa shape index (κ3) is 6.71. The molecule has 0 bridgehead atoms. The summed E-state index contributed by atoms with van der Waals surface area (Å²) in [6.45, 7) is -0.855. The number of hydrogen-bond donors (Lipinski definition) is 5. The summed E-state index contributed by atoms with van der Waals surface area (Å²) in [6, 6.07) is 12.5. The summed E-state index contributed by atoms with van der Waals surface area (Å²) < 4.78 is 0. The van der Waals surface area contributed by atoms with Crippen molar-refractivity contribution in [3.63, 3.8) is 0 Å². The molecular formula is C20H24N4O6. The van der Waals surface area contributed by atoms with Gasteiger partial charge in [0.25, 0.3) is 5.69 Å². The van der Waals surface area contributed by atoms with E-state index in [2.05, 4.69) is 10.6 Å². The fourth-order valence-corrected chi connectivity index (χ4v) is 2.76. The number of non-ortho nitro benzene ring substituents is 1. The quantitative estimate of drug-likeness (QED) is 0.262. The number of nitrogens with two attached hydrogens (primary N) is 1. The lowest BCUT2D eigenvalue weighted by Gasteiger charge is -2.22. The van der Waals surface area contributed by atoms with Crippen molar-refractivity contribution in [3.05, 3.63) is 75.8 Å². The SMILES string of the molecule is N[C@@H](Cc1ccccc1)C(=O)NC(=O)CN[C@H](CO)[C@H](O)c1ccc([N+](=O)[O-])cc1. The molecule has 6 N–H and O–H groups in total. The van der Waals surface area contributed by atoms with Crippen molar-refractivity contribution in [1.29, 1.82) is 0 Å². The summed E-state index contributed by atoms with van der Waals surface area (Å²) in [7, 11) is 0. The predicted octanol–water partition coefficient (Wildman–Crippen LogP) is -0.208. The average Bonchev–Trinajstić information content (AvgIpc) is 2.74. The fourth-order valence-electron chi connectivity index (χ4n) is 2.76. The van der Waals surface area contributed by atoms with Crippen LogP contribution in [0.1, 0.15) is 17.2 Å². The topological polar surface area (TPSA) is 168 Å². The van der Waals surface area contributed by atoms with E-state index in [1.165, 1.54) is 24.3 Å². The molecule has 0 spiro atoms. The molecule has 0 fully saturated rings. The predicted molar refractivity (Wildman–Crippen MR) is 108 cm³/mol. The Morgan fingerprint density at radius 1 is 1.10 bits per heavy atom. The van der Waals surface area contributed by atoms with Gasteiger partial charge in [-0.05, 0) is 29.7 Å². The van der Waals surface area contributed by atoms with Gasteiger partial charge in [0.05, 0.1) is 36.3 Å². The lowest BCUT2D eigenvalue weighted by Crippen LogP contribution is -2.49. The van der Waals surface area contributed by atoms with Crippen molar-refractivity contribution in [3.8, 4) is 0 Å². The zero-order chi connectivity index (χ0) is 22.1. The second kappa shape index (κ2) is 11.1. The number of carbonyl (C=O) groups excluding carboxylic acids is 2. The van der Waals surface area contributed by atoms with Crippen LogP contribution in [0.2, 0.25) is 0 Å². The monoisotopic (exact) mass is 416 g/mol. The highest BCUT2D eigenvalue weighted by Gasteiger charge is 2.23. The fraction of sp³-hybridized carbons (Fsp3) is 0.300. The van der Waals surface area contributed by atoms with Gasteiger partial charge < -0.3 is 21.3 Å². The molecule has 0 aliphatic heterocycles. The largest absolute Gasteiger partial charge is 0.395 e. The highest BCUT2D eigenvalue weighted by molar-refractivity contribution is 5.98. The normalized spacial score (nSPS) is 13.8. The molecule has 0 aliphatic carbocycles. The van der Waals surface area contributed by atoms with Gasteiger partial charge in [0.1, 0.15) is 0 Å². The van der Waals surface area contributed by atoms with Gasteiger partial charge in [0, 0.05) is 12.1 Å². The van der Waals surface area contributed by atoms with Crippen molar-refractivity contribution < 1.29 is 24.7 Å². The van der Waals surface area contributed by atoms with Gasteiger partial charge in [-0.2, -0.15) is 0 Å². The summed E-state index contributed by atoms with van der Waals surface area (Å²) in [5.41, 5.74) is 6.88. The van der Waals surface area contributed by atoms with E-state index < -0.39 is 41.5 Å². The van der Waals surface area contributed by atoms with E-state index in [-0.39, 0.29) is 18.7 Å². The number of amides is 2. The molecule has 0 aliphatic rings. The minimum absolute atomic E-state index is 0.135. The third-order valence-corrected chi connectivity index (χ3v) is 4.45. The number of nitro groups is 1. The maximum Gasteiger partial charge on any atom is 0.269 e. The molecule has 0 heterocycles. The number of nitrogens with one attached hydrogen (secondary N) is 2. The van der Waals surface area contributed by atoms with Crippen molar-refractivity contribution in [1.82, 2.24) is 10.6 Å². The molecule has 3 atom stereocenters. The number of imide groups is 1. The molecule has 0 aromatic heterocycles. The second-order valence-electron chi connectivity index (χ2n) is 6.67. The number of hydrogen-bond acceptors (Lipinski definition) is 8. The molecular weight excluding hydrogens is 392 g/mol. The van der Waals surface area contributed by atoms with Crippen LogP contribution in [0.15, 0.2) is 54.6 Å². The van der Waals surface area contributed by atoms with Crippen molar-refractivity contribution in [2.45, 2.75) is 24.6 Å². The molecule has 160 valence electrons. The number of carbonyl (C=O) groups is 2. The standard InChI is InChI=1S/C20H24N4O6/c21-16(10-13-4-2-1-3-5-13)20(28)23-18(26)11-22-17(12-25)19(27)14-6-8-15(9-7-14)24(29)30/h1-9,16-17,19,22,25,27H,10-12,21H2,(H,23,26,28)/t16-,17+,19+/m0/s1. The van der Waals surface area contributed by atoms with Crippen LogP contribution in [0.4, 0.5) is 5.69 Å². The van der Waals surface area contributed by atoms with Crippen molar-refractivity contribution in [2.24, 2.45) is 5.73 Å². The Hall–Kier alpha value is -3.18. The molecule has 2 rings (SSSR count). The Kier molecular flexibility index (Phi) is 8.56. The average molecular weight is 416 g/mol. The molecule has 0 saturated carbocycles. The van der Waals surface area contributed by atoms with E-state index >= 15 is 0 Å². The van der Waals surface area contributed by atoms with Crippen LogP contribution in [-0.4, -0.2) is 52.2 Å². The summed E-state index contributed by atoms with van der Waals surface area (Å²) >= 11 is 0. The van der Waals surface area contributed by atoms with Gasteiger partial charge in [0.15, 0.2) is 0 Å². The molecule has 2 aromatic carbocycles. The summed E-state index contributed by atoms with van der Waals surface area (Å²) in [5.74, 6) is -1.31. The van der Waals surface area contributed by atoms with Gasteiger partial charge in [-0.1, -0.05) is 30.3 Å². The summed E-state index contributed by atoms with van der Waals surface area (Å²) in [4.78, 5) is 34.2. The smallest absolute Gasteiger partial charge is 0.269 e. The molecule has 10 nitrogen and oxygen atoms in total. The number of rotatable bonds is 10. The highest BCUT2D eigenvalue weighted by atomic mass is 16.6. The lowest BCUT2D eigenvalue weighted by atomic mass is 10.0. The van der Waals surface area contributed by atoms with Gasteiger partial charge >= 0.3 is 0 Å². The number of benzene rings is 2. The van der Waals surface area contributed by atoms with Crippen LogP contribution in [0, 0.1) is 10.1 Å². The van der Waals surface area contributed by atoms with Crippen LogP contribution in [-0.2, 0) is 16.0 Å². The highest BCUT2D eigenvalue weighted by Crippen LogP contribution is 2.20. The second-order valence-corrected chi connectivity index (χ2v) is 6.67. The molecule has 2 aromatic rings. The van der Waals surface area contributed by atoms with Gasteiger partial charge in [0.2, 0.25) is 11.8 Å². The molecule has 10 heteroatoms. The lowest BCUT2D eigenvalue weighted by molar-refractivity contribution is -0.384. The van der Waals surface area contributed by atoms with Crippen LogP contribution in [0.3, 0.4) is 0 Å². The Bertz CT molecular complexity index is 859. The minimum atomic E-state index is -1.22. The first-order chi connectivity index (χ1) is 14.3. The third-order valence-electron chi connectivity index (χ3n) is 4.45. The van der Waals surface area contributed by atoms with Crippen LogP contribution >= 0.6 is 0 Å². The zero-order valence-corrected chi connectivity index (χ0v) is 16.1. The van der Waals surface area contributed by atoms with Gasteiger partial charge in [-0.15, -0.1) is 0 Å². The van der Waals surface area contributed by atoms with Gasteiger partial charge in [-0.3, -0.25) is 25.0 Å². The zero-order valence-electron chi connectivity index (χ0n) is 16.1. The number of nitrogens with zero attached hydrogens (tertiary/aromatic N) is 1. The van der Waals surface area contributed by atoms with Gasteiger partial charge in [-0.25, -0.2) is 0 Å². The molecule has 0 radical (unpaired) electrons. The first-order valence-corrected chi connectivity index (χ1v) is 9.21.